The van der Waals surface area contributed by atoms with Crippen LogP contribution in [0.4, 0.5) is 5.82 Å². The summed E-state index contributed by atoms with van der Waals surface area (Å²) in [4.78, 5) is 24.3. The van der Waals surface area contributed by atoms with Gasteiger partial charge in [0.15, 0.2) is 0 Å². The molecule has 1 fully saturated rings. The van der Waals surface area contributed by atoms with E-state index in [1.54, 1.807) is 26.5 Å². The van der Waals surface area contributed by atoms with E-state index >= 15 is 0 Å². The highest BCUT2D eigenvalue weighted by atomic mass is 16.5. The molecule has 1 amide bonds. The van der Waals surface area contributed by atoms with Crippen molar-refractivity contribution in [1.82, 2.24) is 30.6 Å². The number of nitrogens with zero attached hydrogens (tertiary/aromatic N) is 5. The van der Waals surface area contributed by atoms with Crippen LogP contribution in [0.2, 0.25) is 0 Å². The van der Waals surface area contributed by atoms with Gasteiger partial charge in [0.2, 0.25) is 0 Å². The number of benzene rings is 1. The maximum Gasteiger partial charge on any atom is 0.267 e. The van der Waals surface area contributed by atoms with E-state index in [9.17, 15) is 4.79 Å². The van der Waals surface area contributed by atoms with E-state index < -0.39 is 0 Å². The van der Waals surface area contributed by atoms with Crippen molar-refractivity contribution in [3.05, 3.63) is 60.4 Å². The Hall–Kier alpha value is -3.82. The highest BCUT2D eigenvalue weighted by Gasteiger charge is 2.19. The molecule has 0 radical (unpaired) electrons. The second kappa shape index (κ2) is 8.97. The fourth-order valence-electron chi connectivity index (χ4n) is 4.00. The predicted octanol–water partition coefficient (Wildman–Crippen LogP) is 2.73. The SMILES string of the molecule is CNN(C)C(=O)c1ccc(-c2cc(N3CCOCC3)nc3c(-c4ccn[nH]4)nccc23)cc1. The van der Waals surface area contributed by atoms with Gasteiger partial charge < -0.3 is 9.64 Å². The van der Waals surface area contributed by atoms with Gasteiger partial charge in [0.05, 0.1) is 18.9 Å². The molecule has 0 spiro atoms. The maximum absolute atomic E-state index is 12.5. The highest BCUT2D eigenvalue weighted by molar-refractivity contribution is 6.02. The zero-order chi connectivity index (χ0) is 22.8. The smallest absolute Gasteiger partial charge is 0.267 e. The van der Waals surface area contributed by atoms with E-state index in [4.69, 9.17) is 9.72 Å². The molecule has 4 aromatic rings. The Morgan fingerprint density at radius 2 is 1.91 bits per heavy atom. The number of amides is 1. The number of anilines is 1. The average molecular weight is 444 g/mol. The van der Waals surface area contributed by atoms with Crippen molar-refractivity contribution >= 4 is 22.6 Å². The number of carbonyl (C=O) groups is 1. The van der Waals surface area contributed by atoms with Crippen molar-refractivity contribution in [2.45, 2.75) is 0 Å². The molecule has 1 aromatic carbocycles. The van der Waals surface area contributed by atoms with E-state index in [1.807, 2.05) is 36.4 Å². The highest BCUT2D eigenvalue weighted by Crippen LogP contribution is 2.35. The number of hydrogen-bond acceptors (Lipinski definition) is 7. The number of pyridine rings is 2. The summed E-state index contributed by atoms with van der Waals surface area (Å²) in [5.41, 5.74) is 7.86. The van der Waals surface area contributed by atoms with Gasteiger partial charge in [-0.15, -0.1) is 0 Å². The molecule has 9 heteroatoms. The second-order valence-electron chi connectivity index (χ2n) is 7.82. The molecule has 4 heterocycles. The number of aromatic amines is 1. The van der Waals surface area contributed by atoms with Crippen LogP contribution in [0.5, 0.6) is 0 Å². The number of carbonyl (C=O) groups excluding carboxylic acids is 1. The number of ether oxygens (including phenoxy) is 1. The fraction of sp³-hybridized carbons (Fsp3) is 0.250. The molecule has 9 nitrogen and oxygen atoms in total. The summed E-state index contributed by atoms with van der Waals surface area (Å²) < 4.78 is 5.53. The number of aromatic nitrogens is 4. The maximum atomic E-state index is 12.5. The first-order chi connectivity index (χ1) is 16.2. The zero-order valence-corrected chi connectivity index (χ0v) is 18.6. The summed E-state index contributed by atoms with van der Waals surface area (Å²) in [6.07, 6.45) is 3.50. The standard InChI is InChI=1S/C24H25N7O2/c1-25-30(2)24(32)17-5-3-16(4-6-17)19-15-21(31-11-13-33-14-12-31)28-22-18(19)7-9-26-23(22)20-8-10-27-29-20/h3-10,15,25H,11-14H2,1-2H3,(H,27,29). The van der Waals surface area contributed by atoms with Gasteiger partial charge in [-0.05, 0) is 41.5 Å². The fourth-order valence-corrected chi connectivity index (χ4v) is 4.00. The van der Waals surface area contributed by atoms with Crippen molar-refractivity contribution in [3.63, 3.8) is 0 Å². The van der Waals surface area contributed by atoms with E-state index in [0.717, 1.165) is 52.3 Å². The Bertz CT molecular complexity index is 1270. The summed E-state index contributed by atoms with van der Waals surface area (Å²) in [6, 6.07) is 13.6. The van der Waals surface area contributed by atoms with Crippen molar-refractivity contribution in [2.75, 3.05) is 45.3 Å². The molecule has 2 N–H and O–H groups in total. The molecule has 168 valence electrons. The summed E-state index contributed by atoms with van der Waals surface area (Å²) in [7, 11) is 3.42. The van der Waals surface area contributed by atoms with Crippen LogP contribution in [0.1, 0.15) is 10.4 Å². The monoisotopic (exact) mass is 443 g/mol. The van der Waals surface area contributed by atoms with Crippen LogP contribution in [0.3, 0.4) is 0 Å². The van der Waals surface area contributed by atoms with Gasteiger partial charge in [-0.25, -0.2) is 10.4 Å². The van der Waals surface area contributed by atoms with E-state index in [1.165, 1.54) is 5.01 Å². The van der Waals surface area contributed by atoms with Crippen molar-refractivity contribution in [2.24, 2.45) is 0 Å². The lowest BCUT2D eigenvalue weighted by Gasteiger charge is -2.28. The molecule has 33 heavy (non-hydrogen) atoms. The van der Waals surface area contributed by atoms with Crippen molar-refractivity contribution in [1.29, 1.82) is 0 Å². The average Bonchev–Trinajstić information content (AvgIpc) is 3.42. The number of morpholine rings is 1. The summed E-state index contributed by atoms with van der Waals surface area (Å²) in [5, 5.41) is 9.53. The third-order valence-electron chi connectivity index (χ3n) is 5.89. The van der Waals surface area contributed by atoms with Gasteiger partial charge in [0, 0.05) is 50.5 Å². The lowest BCUT2D eigenvalue weighted by Crippen LogP contribution is -2.36. The molecular weight excluding hydrogens is 418 g/mol. The minimum absolute atomic E-state index is 0.0941. The van der Waals surface area contributed by atoms with Crippen LogP contribution in [0, 0.1) is 0 Å². The van der Waals surface area contributed by atoms with E-state index in [-0.39, 0.29) is 5.91 Å². The minimum atomic E-state index is -0.0941. The lowest BCUT2D eigenvalue weighted by molar-refractivity contribution is 0.0735. The number of fused-ring (bicyclic) bond motifs is 1. The van der Waals surface area contributed by atoms with Gasteiger partial charge in [0.25, 0.3) is 5.91 Å². The van der Waals surface area contributed by atoms with Crippen LogP contribution in [0.15, 0.2) is 54.9 Å². The minimum Gasteiger partial charge on any atom is -0.378 e. The van der Waals surface area contributed by atoms with Crippen LogP contribution < -0.4 is 10.3 Å². The molecule has 1 saturated heterocycles. The Balaban J connectivity index is 1.66. The number of hydrogen-bond donors (Lipinski definition) is 2. The molecule has 3 aromatic heterocycles. The van der Waals surface area contributed by atoms with Gasteiger partial charge in [-0.3, -0.25) is 19.9 Å². The molecule has 0 aliphatic carbocycles. The first-order valence-electron chi connectivity index (χ1n) is 10.8. The van der Waals surface area contributed by atoms with Crippen LogP contribution in [-0.2, 0) is 4.74 Å². The Labute approximate surface area is 191 Å². The Morgan fingerprint density at radius 1 is 1.12 bits per heavy atom. The van der Waals surface area contributed by atoms with E-state index in [0.29, 0.717) is 18.8 Å². The quantitative estimate of drug-likeness (QED) is 0.458. The number of hydrazine groups is 1. The third-order valence-corrected chi connectivity index (χ3v) is 5.89. The molecule has 0 unspecified atom stereocenters. The summed E-state index contributed by atoms with van der Waals surface area (Å²) >= 11 is 0. The Kier molecular flexibility index (Phi) is 5.72. The van der Waals surface area contributed by atoms with Gasteiger partial charge in [-0.2, -0.15) is 5.10 Å². The molecule has 0 bridgehead atoms. The number of nitrogens with one attached hydrogen (secondary N) is 2. The summed E-state index contributed by atoms with van der Waals surface area (Å²) in [5.74, 6) is 0.785. The molecule has 1 aliphatic rings. The van der Waals surface area contributed by atoms with Crippen molar-refractivity contribution < 1.29 is 9.53 Å². The molecular formula is C24H25N7O2. The first-order valence-corrected chi connectivity index (χ1v) is 10.8. The van der Waals surface area contributed by atoms with Gasteiger partial charge >= 0.3 is 0 Å². The lowest BCUT2D eigenvalue weighted by atomic mass is 9.99. The summed E-state index contributed by atoms with van der Waals surface area (Å²) in [6.45, 7) is 2.90. The van der Waals surface area contributed by atoms with Crippen LogP contribution in [0.25, 0.3) is 33.4 Å². The second-order valence-corrected chi connectivity index (χ2v) is 7.82. The first kappa shape index (κ1) is 21.0. The van der Waals surface area contributed by atoms with Gasteiger partial charge in [-0.1, -0.05) is 12.1 Å². The number of rotatable bonds is 5. The predicted molar refractivity (Wildman–Crippen MR) is 127 cm³/mol. The molecule has 0 atom stereocenters. The molecule has 1 aliphatic heterocycles. The topological polar surface area (TPSA) is 99.3 Å². The van der Waals surface area contributed by atoms with Crippen molar-refractivity contribution in [3.8, 4) is 22.5 Å². The third kappa shape index (κ3) is 4.04. The molecule has 0 saturated carbocycles. The largest absolute Gasteiger partial charge is 0.378 e. The van der Waals surface area contributed by atoms with E-state index in [2.05, 4.69) is 31.6 Å². The normalized spacial score (nSPS) is 13.9. The molecule has 5 rings (SSSR count). The van der Waals surface area contributed by atoms with Crippen LogP contribution >= 0.6 is 0 Å². The van der Waals surface area contributed by atoms with Gasteiger partial charge in [0.1, 0.15) is 17.0 Å². The zero-order valence-electron chi connectivity index (χ0n) is 18.6. The van der Waals surface area contributed by atoms with Crippen LogP contribution in [-0.4, -0.2) is 71.5 Å². The number of H-pyrrole nitrogens is 1. The Morgan fingerprint density at radius 3 is 2.61 bits per heavy atom.